The van der Waals surface area contributed by atoms with E-state index in [1.165, 1.54) is 4.90 Å². The molecule has 1 saturated heterocycles. The Morgan fingerprint density at radius 2 is 2.09 bits per heavy atom. The SMILES string of the molecule is CC1Oc2ccccc2N(CC(=O)N2CCOC(C)(C)C2)C1=O. The highest BCUT2D eigenvalue weighted by molar-refractivity contribution is 6.03. The molecule has 0 radical (unpaired) electrons. The highest BCUT2D eigenvalue weighted by Crippen LogP contribution is 2.33. The largest absolute Gasteiger partial charge is 0.479 e. The summed E-state index contributed by atoms with van der Waals surface area (Å²) in [4.78, 5) is 28.4. The van der Waals surface area contributed by atoms with Crippen molar-refractivity contribution in [3.05, 3.63) is 24.3 Å². The molecule has 1 aromatic rings. The van der Waals surface area contributed by atoms with Crippen LogP contribution in [-0.2, 0) is 14.3 Å². The number of fused-ring (bicyclic) bond motifs is 1. The summed E-state index contributed by atoms with van der Waals surface area (Å²) in [6.07, 6.45) is -0.584. The van der Waals surface area contributed by atoms with Crippen molar-refractivity contribution in [1.29, 1.82) is 0 Å². The molecule has 2 aliphatic rings. The molecule has 1 aromatic carbocycles. The van der Waals surface area contributed by atoms with Gasteiger partial charge in [-0.15, -0.1) is 0 Å². The zero-order valence-corrected chi connectivity index (χ0v) is 13.7. The average molecular weight is 318 g/mol. The maximum Gasteiger partial charge on any atom is 0.268 e. The molecular weight excluding hydrogens is 296 g/mol. The van der Waals surface area contributed by atoms with Gasteiger partial charge in [0.15, 0.2) is 6.10 Å². The summed E-state index contributed by atoms with van der Waals surface area (Å²) in [5.74, 6) is 0.373. The van der Waals surface area contributed by atoms with Crippen molar-refractivity contribution in [1.82, 2.24) is 4.90 Å². The highest BCUT2D eigenvalue weighted by atomic mass is 16.5. The van der Waals surface area contributed by atoms with Gasteiger partial charge in [0, 0.05) is 13.1 Å². The summed E-state index contributed by atoms with van der Waals surface area (Å²) in [5.41, 5.74) is 0.296. The molecule has 1 atom stereocenters. The first-order valence-electron chi connectivity index (χ1n) is 7.86. The molecule has 3 rings (SSSR count). The van der Waals surface area contributed by atoms with Crippen molar-refractivity contribution in [2.45, 2.75) is 32.5 Å². The van der Waals surface area contributed by atoms with Crippen LogP contribution in [0.25, 0.3) is 0 Å². The first-order chi connectivity index (χ1) is 10.9. The van der Waals surface area contributed by atoms with E-state index in [9.17, 15) is 9.59 Å². The van der Waals surface area contributed by atoms with E-state index < -0.39 is 6.10 Å². The van der Waals surface area contributed by atoms with Crippen LogP contribution in [0.3, 0.4) is 0 Å². The van der Waals surface area contributed by atoms with E-state index in [1.807, 2.05) is 32.0 Å². The maximum absolute atomic E-state index is 12.7. The van der Waals surface area contributed by atoms with Gasteiger partial charge in [0.1, 0.15) is 12.3 Å². The summed E-state index contributed by atoms with van der Waals surface area (Å²) >= 11 is 0. The number of anilines is 1. The van der Waals surface area contributed by atoms with Crippen molar-refractivity contribution in [3.63, 3.8) is 0 Å². The van der Waals surface area contributed by atoms with Gasteiger partial charge < -0.3 is 14.4 Å². The predicted molar refractivity (Wildman–Crippen MR) is 85.5 cm³/mol. The maximum atomic E-state index is 12.7. The smallest absolute Gasteiger partial charge is 0.268 e. The van der Waals surface area contributed by atoms with Gasteiger partial charge in [0.2, 0.25) is 5.91 Å². The van der Waals surface area contributed by atoms with Crippen molar-refractivity contribution >= 4 is 17.5 Å². The van der Waals surface area contributed by atoms with Crippen LogP contribution in [0.2, 0.25) is 0 Å². The van der Waals surface area contributed by atoms with Gasteiger partial charge in [-0.2, -0.15) is 0 Å². The third-order valence-electron chi connectivity index (χ3n) is 4.15. The van der Waals surface area contributed by atoms with Gasteiger partial charge in [-0.05, 0) is 32.9 Å². The molecule has 2 heterocycles. The van der Waals surface area contributed by atoms with Crippen LogP contribution in [0.5, 0.6) is 5.75 Å². The molecule has 0 saturated carbocycles. The monoisotopic (exact) mass is 318 g/mol. The Kier molecular flexibility index (Phi) is 4.02. The minimum atomic E-state index is -0.584. The minimum absolute atomic E-state index is 0.0274. The molecular formula is C17H22N2O4. The molecule has 2 amide bonds. The summed E-state index contributed by atoms with van der Waals surface area (Å²) < 4.78 is 11.2. The van der Waals surface area contributed by atoms with Crippen LogP contribution in [0.15, 0.2) is 24.3 Å². The number of morpholine rings is 1. The van der Waals surface area contributed by atoms with Crippen molar-refractivity contribution in [2.75, 3.05) is 31.1 Å². The number of amides is 2. The number of hydrogen-bond acceptors (Lipinski definition) is 4. The Morgan fingerprint density at radius 3 is 2.83 bits per heavy atom. The van der Waals surface area contributed by atoms with Gasteiger partial charge in [0.05, 0.1) is 17.9 Å². The second kappa shape index (κ2) is 5.85. The minimum Gasteiger partial charge on any atom is -0.479 e. The fourth-order valence-electron chi connectivity index (χ4n) is 2.99. The van der Waals surface area contributed by atoms with E-state index in [4.69, 9.17) is 9.47 Å². The number of nitrogens with zero attached hydrogens (tertiary/aromatic N) is 2. The predicted octanol–water partition coefficient (Wildman–Crippen LogP) is 1.44. The van der Waals surface area contributed by atoms with E-state index in [2.05, 4.69) is 0 Å². The van der Waals surface area contributed by atoms with E-state index in [0.29, 0.717) is 31.1 Å². The zero-order valence-electron chi connectivity index (χ0n) is 13.7. The van der Waals surface area contributed by atoms with Crippen LogP contribution < -0.4 is 9.64 Å². The Labute approximate surface area is 136 Å². The molecule has 23 heavy (non-hydrogen) atoms. The summed E-state index contributed by atoms with van der Waals surface area (Å²) in [6.45, 7) is 7.25. The normalized spacial score (nSPS) is 23.3. The number of para-hydroxylation sites is 2. The Hall–Kier alpha value is -2.08. The molecule has 2 aliphatic heterocycles. The Morgan fingerprint density at radius 1 is 1.35 bits per heavy atom. The lowest BCUT2D eigenvalue weighted by atomic mass is 10.1. The Balaban J connectivity index is 1.79. The number of rotatable bonds is 2. The first kappa shape index (κ1) is 15.8. The van der Waals surface area contributed by atoms with Crippen LogP contribution in [-0.4, -0.2) is 54.7 Å². The second-order valence-electron chi connectivity index (χ2n) is 6.58. The molecule has 1 fully saturated rings. The van der Waals surface area contributed by atoms with Crippen molar-refractivity contribution in [3.8, 4) is 5.75 Å². The summed E-state index contributed by atoms with van der Waals surface area (Å²) in [7, 11) is 0. The van der Waals surface area contributed by atoms with Crippen LogP contribution >= 0.6 is 0 Å². The lowest BCUT2D eigenvalue weighted by Crippen LogP contribution is -2.55. The average Bonchev–Trinajstić information content (AvgIpc) is 2.50. The second-order valence-corrected chi connectivity index (χ2v) is 6.58. The molecule has 124 valence electrons. The number of ether oxygens (including phenoxy) is 2. The molecule has 0 aliphatic carbocycles. The fourth-order valence-corrected chi connectivity index (χ4v) is 2.99. The third-order valence-corrected chi connectivity index (χ3v) is 4.15. The topological polar surface area (TPSA) is 59.1 Å². The molecule has 0 bridgehead atoms. The van der Waals surface area contributed by atoms with Crippen molar-refractivity contribution < 1.29 is 19.1 Å². The number of benzene rings is 1. The fraction of sp³-hybridized carbons (Fsp3) is 0.529. The van der Waals surface area contributed by atoms with E-state index in [0.717, 1.165) is 0 Å². The van der Waals surface area contributed by atoms with Gasteiger partial charge >= 0.3 is 0 Å². The van der Waals surface area contributed by atoms with Crippen molar-refractivity contribution in [2.24, 2.45) is 0 Å². The number of hydrogen-bond donors (Lipinski definition) is 0. The lowest BCUT2D eigenvalue weighted by molar-refractivity contribution is -0.145. The summed E-state index contributed by atoms with van der Waals surface area (Å²) in [6, 6.07) is 7.30. The highest BCUT2D eigenvalue weighted by Gasteiger charge is 2.35. The van der Waals surface area contributed by atoms with E-state index >= 15 is 0 Å². The molecule has 6 heteroatoms. The standard InChI is InChI=1S/C17H22N2O4/c1-12-16(21)19(13-6-4-5-7-14(13)23-12)10-15(20)18-8-9-22-17(2,3)11-18/h4-7,12H,8-11H2,1-3H3. The first-order valence-corrected chi connectivity index (χ1v) is 7.86. The van der Waals surface area contributed by atoms with Gasteiger partial charge in [0.25, 0.3) is 5.91 Å². The lowest BCUT2D eigenvalue weighted by Gasteiger charge is -2.39. The Bertz CT molecular complexity index is 629. The summed E-state index contributed by atoms with van der Waals surface area (Å²) in [5, 5.41) is 0. The third kappa shape index (κ3) is 3.17. The number of carbonyl (C=O) groups is 2. The van der Waals surface area contributed by atoms with Crippen LogP contribution in [0, 0.1) is 0 Å². The quantitative estimate of drug-likeness (QED) is 0.828. The molecule has 0 aromatic heterocycles. The number of carbonyl (C=O) groups excluding carboxylic acids is 2. The molecule has 0 N–H and O–H groups in total. The van der Waals surface area contributed by atoms with E-state index in [-0.39, 0.29) is 24.0 Å². The molecule has 6 nitrogen and oxygen atoms in total. The van der Waals surface area contributed by atoms with E-state index in [1.54, 1.807) is 17.9 Å². The molecule has 0 spiro atoms. The van der Waals surface area contributed by atoms with Crippen LogP contribution in [0.1, 0.15) is 20.8 Å². The zero-order chi connectivity index (χ0) is 16.6. The van der Waals surface area contributed by atoms with Crippen LogP contribution in [0.4, 0.5) is 5.69 Å². The van der Waals surface area contributed by atoms with Gasteiger partial charge in [-0.1, -0.05) is 12.1 Å². The molecule has 1 unspecified atom stereocenters. The van der Waals surface area contributed by atoms with Gasteiger partial charge in [-0.3, -0.25) is 14.5 Å². The van der Waals surface area contributed by atoms with Gasteiger partial charge in [-0.25, -0.2) is 0 Å².